The normalized spacial score (nSPS) is 12.4. The van der Waals surface area contributed by atoms with Crippen LogP contribution in [-0.2, 0) is 4.79 Å². The highest BCUT2D eigenvalue weighted by atomic mass is 16.4. The number of aryl methyl sites for hydroxylation is 1. The number of carbonyl (C=O) groups excluding carboxylic acids is 1. The molecule has 1 amide bonds. The Morgan fingerprint density at radius 2 is 2.10 bits per heavy atom. The second-order valence-electron chi connectivity index (χ2n) is 5.11. The summed E-state index contributed by atoms with van der Waals surface area (Å²) in [6.07, 6.45) is 0. The summed E-state index contributed by atoms with van der Waals surface area (Å²) in [6, 6.07) is 4.13. The minimum absolute atomic E-state index is 0.117. The smallest absolute Gasteiger partial charge is 0.326 e. The lowest BCUT2D eigenvalue weighted by molar-refractivity contribution is -0.140. The maximum atomic E-state index is 12.0. The summed E-state index contributed by atoms with van der Waals surface area (Å²) >= 11 is 0. The summed E-state index contributed by atoms with van der Waals surface area (Å²) in [6.45, 7) is 5.26. The average Bonchev–Trinajstić information content (AvgIpc) is 3.03. The number of nitrogens with zero attached hydrogens (tertiary/aromatic N) is 1. The van der Waals surface area contributed by atoms with E-state index >= 15 is 0 Å². The fraction of sp³-hybridized carbons (Fsp3) is 0.357. The molecule has 3 N–H and O–H groups in total. The van der Waals surface area contributed by atoms with Crippen molar-refractivity contribution in [3.8, 4) is 11.5 Å². The van der Waals surface area contributed by atoms with Gasteiger partial charge in [0.15, 0.2) is 11.5 Å². The van der Waals surface area contributed by atoms with Gasteiger partial charge in [-0.05, 0) is 25.0 Å². The minimum Gasteiger partial charge on any atom is -0.480 e. The molecule has 0 saturated heterocycles. The van der Waals surface area contributed by atoms with Crippen LogP contribution in [-0.4, -0.2) is 33.2 Å². The quantitative estimate of drug-likeness (QED) is 0.778. The summed E-state index contributed by atoms with van der Waals surface area (Å²) in [5, 5.41) is 18.1. The molecular weight excluding hydrogens is 274 g/mol. The number of aromatic amines is 1. The molecule has 7 nitrogen and oxygen atoms in total. The van der Waals surface area contributed by atoms with Crippen LogP contribution in [0.2, 0.25) is 0 Å². The molecule has 2 heterocycles. The average molecular weight is 291 g/mol. The SMILES string of the molecule is Cc1ccc(-c2cc(C(=O)N[C@H](C(=O)O)C(C)C)n[nH]2)o1. The summed E-state index contributed by atoms with van der Waals surface area (Å²) in [5.74, 6) is -0.524. The molecule has 112 valence electrons. The molecule has 1 atom stereocenters. The van der Waals surface area contributed by atoms with Crippen LogP contribution in [0.15, 0.2) is 22.6 Å². The van der Waals surface area contributed by atoms with Crippen molar-refractivity contribution in [1.82, 2.24) is 15.5 Å². The number of aromatic nitrogens is 2. The number of carbonyl (C=O) groups is 2. The molecule has 0 aliphatic rings. The van der Waals surface area contributed by atoms with E-state index in [1.165, 1.54) is 6.07 Å². The zero-order valence-corrected chi connectivity index (χ0v) is 12.0. The Morgan fingerprint density at radius 3 is 2.62 bits per heavy atom. The second kappa shape index (κ2) is 5.82. The van der Waals surface area contributed by atoms with E-state index < -0.39 is 17.9 Å². The first-order chi connectivity index (χ1) is 9.88. The predicted octanol–water partition coefficient (Wildman–Crippen LogP) is 1.82. The third-order valence-corrected chi connectivity index (χ3v) is 3.04. The molecule has 0 unspecified atom stereocenters. The van der Waals surface area contributed by atoms with Crippen LogP contribution in [0.4, 0.5) is 0 Å². The van der Waals surface area contributed by atoms with Gasteiger partial charge in [-0.25, -0.2) is 4.79 Å². The van der Waals surface area contributed by atoms with Crippen molar-refractivity contribution >= 4 is 11.9 Å². The molecule has 0 bridgehead atoms. The van der Waals surface area contributed by atoms with E-state index in [0.717, 1.165) is 5.76 Å². The molecule has 21 heavy (non-hydrogen) atoms. The number of carboxylic acids is 1. The van der Waals surface area contributed by atoms with Gasteiger partial charge in [0.05, 0.1) is 0 Å². The Balaban J connectivity index is 2.14. The van der Waals surface area contributed by atoms with Gasteiger partial charge < -0.3 is 14.8 Å². The summed E-state index contributed by atoms with van der Waals surface area (Å²) in [5.41, 5.74) is 0.677. The van der Waals surface area contributed by atoms with E-state index in [1.54, 1.807) is 26.0 Å². The van der Waals surface area contributed by atoms with E-state index in [4.69, 9.17) is 9.52 Å². The van der Waals surface area contributed by atoms with Gasteiger partial charge in [-0.15, -0.1) is 0 Å². The van der Waals surface area contributed by atoms with Crippen LogP contribution in [0.1, 0.15) is 30.1 Å². The van der Waals surface area contributed by atoms with Crippen molar-refractivity contribution in [2.24, 2.45) is 5.92 Å². The first-order valence-corrected chi connectivity index (χ1v) is 6.54. The highest BCUT2D eigenvalue weighted by molar-refractivity contribution is 5.95. The number of carboxylic acid groups (broad SMARTS) is 1. The van der Waals surface area contributed by atoms with Crippen LogP contribution < -0.4 is 5.32 Å². The lowest BCUT2D eigenvalue weighted by Crippen LogP contribution is -2.44. The Bertz CT molecular complexity index is 657. The molecule has 2 aromatic heterocycles. The molecule has 0 fully saturated rings. The highest BCUT2D eigenvalue weighted by Crippen LogP contribution is 2.20. The van der Waals surface area contributed by atoms with Crippen molar-refractivity contribution < 1.29 is 19.1 Å². The summed E-state index contributed by atoms with van der Waals surface area (Å²) in [4.78, 5) is 23.1. The van der Waals surface area contributed by atoms with Crippen LogP contribution >= 0.6 is 0 Å². The monoisotopic (exact) mass is 291 g/mol. The topological polar surface area (TPSA) is 108 Å². The molecular formula is C14H17N3O4. The van der Waals surface area contributed by atoms with Crippen LogP contribution in [0.25, 0.3) is 11.5 Å². The molecule has 0 aliphatic heterocycles. The third-order valence-electron chi connectivity index (χ3n) is 3.04. The molecule has 0 radical (unpaired) electrons. The minimum atomic E-state index is -1.07. The third kappa shape index (κ3) is 3.31. The fourth-order valence-electron chi connectivity index (χ4n) is 1.87. The molecule has 2 aromatic rings. The Hall–Kier alpha value is -2.57. The molecule has 0 aliphatic carbocycles. The standard InChI is InChI=1S/C14H17N3O4/c1-7(2)12(14(19)20)15-13(18)10-6-9(16-17-10)11-5-4-8(3)21-11/h4-7,12H,1-3H3,(H,15,18)(H,16,17)(H,19,20)/t12-/m0/s1. The van der Waals surface area contributed by atoms with E-state index in [1.807, 2.05) is 6.92 Å². The Kier molecular flexibility index (Phi) is 4.11. The number of hydrogen-bond acceptors (Lipinski definition) is 4. The maximum absolute atomic E-state index is 12.0. The zero-order chi connectivity index (χ0) is 15.6. The lowest BCUT2D eigenvalue weighted by Gasteiger charge is -2.16. The van der Waals surface area contributed by atoms with Gasteiger partial charge in [0.2, 0.25) is 0 Å². The number of hydrogen-bond donors (Lipinski definition) is 3. The maximum Gasteiger partial charge on any atom is 0.326 e. The van der Waals surface area contributed by atoms with Crippen molar-refractivity contribution in [2.75, 3.05) is 0 Å². The molecule has 7 heteroatoms. The number of H-pyrrole nitrogens is 1. The first-order valence-electron chi connectivity index (χ1n) is 6.54. The van der Waals surface area contributed by atoms with Crippen molar-refractivity contribution in [2.45, 2.75) is 26.8 Å². The number of amides is 1. The highest BCUT2D eigenvalue weighted by Gasteiger charge is 2.25. The van der Waals surface area contributed by atoms with Crippen LogP contribution in [0.3, 0.4) is 0 Å². The summed E-state index contributed by atoms with van der Waals surface area (Å²) < 4.78 is 5.42. The van der Waals surface area contributed by atoms with Gasteiger partial charge in [0.25, 0.3) is 5.91 Å². The van der Waals surface area contributed by atoms with E-state index in [2.05, 4.69) is 15.5 Å². The number of rotatable bonds is 5. The van der Waals surface area contributed by atoms with Gasteiger partial charge in [-0.2, -0.15) is 5.10 Å². The van der Waals surface area contributed by atoms with E-state index in [-0.39, 0.29) is 11.6 Å². The fourth-order valence-corrected chi connectivity index (χ4v) is 1.87. The van der Waals surface area contributed by atoms with Gasteiger partial charge in [0.1, 0.15) is 17.5 Å². The molecule has 2 rings (SSSR count). The van der Waals surface area contributed by atoms with Crippen molar-refractivity contribution in [1.29, 1.82) is 0 Å². The Labute approximate surface area is 121 Å². The largest absolute Gasteiger partial charge is 0.480 e. The van der Waals surface area contributed by atoms with Crippen LogP contribution in [0.5, 0.6) is 0 Å². The first kappa shape index (κ1) is 14.8. The molecule has 0 saturated carbocycles. The molecule has 0 spiro atoms. The summed E-state index contributed by atoms with van der Waals surface area (Å²) in [7, 11) is 0. The Morgan fingerprint density at radius 1 is 1.38 bits per heavy atom. The van der Waals surface area contributed by atoms with Gasteiger partial charge in [0, 0.05) is 6.07 Å². The zero-order valence-electron chi connectivity index (χ0n) is 12.0. The van der Waals surface area contributed by atoms with E-state index in [0.29, 0.717) is 11.5 Å². The number of furan rings is 1. The number of aliphatic carboxylic acids is 1. The second-order valence-corrected chi connectivity index (χ2v) is 5.11. The van der Waals surface area contributed by atoms with Gasteiger partial charge >= 0.3 is 5.97 Å². The van der Waals surface area contributed by atoms with Crippen LogP contribution in [0, 0.1) is 12.8 Å². The van der Waals surface area contributed by atoms with Crippen molar-refractivity contribution in [3.63, 3.8) is 0 Å². The van der Waals surface area contributed by atoms with Gasteiger partial charge in [-0.1, -0.05) is 13.8 Å². The predicted molar refractivity (Wildman–Crippen MR) is 74.8 cm³/mol. The number of nitrogens with one attached hydrogen (secondary N) is 2. The van der Waals surface area contributed by atoms with E-state index in [9.17, 15) is 9.59 Å². The molecule has 0 aromatic carbocycles. The lowest BCUT2D eigenvalue weighted by atomic mass is 10.0. The van der Waals surface area contributed by atoms with Crippen molar-refractivity contribution in [3.05, 3.63) is 29.7 Å². The van der Waals surface area contributed by atoms with Gasteiger partial charge in [-0.3, -0.25) is 9.89 Å².